The van der Waals surface area contributed by atoms with Crippen molar-refractivity contribution in [2.75, 3.05) is 13.1 Å². The molecule has 1 aromatic carbocycles. The van der Waals surface area contributed by atoms with E-state index in [4.69, 9.17) is 16.1 Å². The Hall–Kier alpha value is -2.08. The summed E-state index contributed by atoms with van der Waals surface area (Å²) in [6.45, 7) is 7.72. The van der Waals surface area contributed by atoms with Gasteiger partial charge in [-0.1, -0.05) is 36.7 Å². The van der Waals surface area contributed by atoms with Crippen LogP contribution in [0.4, 0.5) is 4.39 Å². The molecule has 0 saturated heterocycles. The Morgan fingerprint density at radius 2 is 2.16 bits per heavy atom. The van der Waals surface area contributed by atoms with Crippen LogP contribution >= 0.6 is 11.6 Å². The van der Waals surface area contributed by atoms with Gasteiger partial charge in [-0.3, -0.25) is 0 Å². The van der Waals surface area contributed by atoms with Crippen molar-refractivity contribution >= 4 is 17.6 Å². The van der Waals surface area contributed by atoms with Crippen molar-refractivity contribution < 1.29 is 8.91 Å². The maximum atomic E-state index is 13.8. The van der Waals surface area contributed by atoms with Gasteiger partial charge in [-0.15, -0.1) is 0 Å². The van der Waals surface area contributed by atoms with E-state index in [2.05, 4.69) is 34.6 Å². The van der Waals surface area contributed by atoms with Gasteiger partial charge in [-0.25, -0.2) is 9.38 Å². The number of halogens is 2. The number of hydrogen-bond acceptors (Lipinski definition) is 3. The van der Waals surface area contributed by atoms with Crippen LogP contribution in [0.1, 0.15) is 43.7 Å². The molecular formula is C18H24ClFN4O. The minimum absolute atomic E-state index is 0.292. The third-order valence-electron chi connectivity index (χ3n) is 3.64. The lowest BCUT2D eigenvalue weighted by Gasteiger charge is -2.11. The van der Waals surface area contributed by atoms with E-state index >= 15 is 0 Å². The molecule has 0 bridgehead atoms. The van der Waals surface area contributed by atoms with E-state index in [-0.39, 0.29) is 5.82 Å². The number of nitrogens with zero attached hydrogens (tertiary/aromatic N) is 2. The fourth-order valence-electron chi connectivity index (χ4n) is 2.25. The van der Waals surface area contributed by atoms with E-state index in [1.807, 2.05) is 13.0 Å². The van der Waals surface area contributed by atoms with Crippen LogP contribution in [0.3, 0.4) is 0 Å². The highest BCUT2D eigenvalue weighted by Gasteiger charge is 2.09. The molecule has 0 aliphatic heterocycles. The number of aromatic nitrogens is 1. The summed E-state index contributed by atoms with van der Waals surface area (Å²) in [7, 11) is 0. The molecule has 0 spiro atoms. The second-order valence-electron chi connectivity index (χ2n) is 5.94. The van der Waals surface area contributed by atoms with Gasteiger partial charge in [-0.05, 0) is 31.4 Å². The lowest BCUT2D eigenvalue weighted by atomic mass is 10.1. The first-order valence-electron chi connectivity index (χ1n) is 8.41. The molecule has 2 aromatic rings. The third-order valence-corrected chi connectivity index (χ3v) is 3.99. The molecule has 0 radical (unpaired) electrons. The lowest BCUT2D eigenvalue weighted by Crippen LogP contribution is -2.38. The number of hydrogen-bond donors (Lipinski definition) is 2. The lowest BCUT2D eigenvalue weighted by molar-refractivity contribution is 0.376. The minimum Gasteiger partial charge on any atom is -0.359 e. The molecule has 0 atom stereocenters. The van der Waals surface area contributed by atoms with Gasteiger partial charge in [-0.2, -0.15) is 0 Å². The molecule has 0 amide bonds. The molecule has 2 N–H and O–H groups in total. The minimum atomic E-state index is -0.292. The van der Waals surface area contributed by atoms with Crippen molar-refractivity contribution in [3.05, 3.63) is 52.1 Å². The van der Waals surface area contributed by atoms with E-state index in [0.717, 1.165) is 12.2 Å². The Morgan fingerprint density at radius 1 is 1.36 bits per heavy atom. The normalized spacial score (nSPS) is 11.8. The number of nitrogens with one attached hydrogen (secondary N) is 2. The van der Waals surface area contributed by atoms with Crippen molar-refractivity contribution in [1.29, 1.82) is 0 Å². The van der Waals surface area contributed by atoms with E-state index in [9.17, 15) is 4.39 Å². The van der Waals surface area contributed by atoms with E-state index in [1.165, 1.54) is 6.07 Å². The Kier molecular flexibility index (Phi) is 7.25. The van der Waals surface area contributed by atoms with Gasteiger partial charge < -0.3 is 15.2 Å². The Balaban J connectivity index is 1.93. The van der Waals surface area contributed by atoms with Crippen LogP contribution in [0.5, 0.6) is 0 Å². The standard InChI is InChI=1S/C18H24ClFN4O/c1-4-21-18(23-11-13-10-17(12(2)3)24-25-13)22-9-8-14-15(19)6-5-7-16(14)20/h5-7,10,12H,4,8-9,11H2,1-3H3,(H2,21,22,23). The molecule has 0 aliphatic rings. The highest BCUT2D eigenvalue weighted by Crippen LogP contribution is 2.19. The van der Waals surface area contributed by atoms with Gasteiger partial charge in [0.2, 0.25) is 0 Å². The molecule has 7 heteroatoms. The average Bonchev–Trinajstić information content (AvgIpc) is 3.04. The summed E-state index contributed by atoms with van der Waals surface area (Å²) in [5, 5.41) is 10.8. The third kappa shape index (κ3) is 5.74. The van der Waals surface area contributed by atoms with Crippen molar-refractivity contribution in [2.45, 2.75) is 39.7 Å². The summed E-state index contributed by atoms with van der Waals surface area (Å²) < 4.78 is 19.1. The van der Waals surface area contributed by atoms with Gasteiger partial charge in [0, 0.05) is 29.7 Å². The zero-order valence-corrected chi connectivity index (χ0v) is 15.5. The number of benzene rings is 1. The largest absolute Gasteiger partial charge is 0.359 e. The Morgan fingerprint density at radius 3 is 2.80 bits per heavy atom. The Labute approximate surface area is 152 Å². The summed E-state index contributed by atoms with van der Waals surface area (Å²) >= 11 is 6.04. The fourth-order valence-corrected chi connectivity index (χ4v) is 2.51. The summed E-state index contributed by atoms with van der Waals surface area (Å²) in [5.41, 5.74) is 1.42. The van der Waals surface area contributed by atoms with Gasteiger partial charge in [0.15, 0.2) is 11.7 Å². The van der Waals surface area contributed by atoms with Crippen molar-refractivity contribution in [1.82, 2.24) is 15.8 Å². The first kappa shape index (κ1) is 19.2. The highest BCUT2D eigenvalue weighted by atomic mass is 35.5. The second-order valence-corrected chi connectivity index (χ2v) is 6.35. The van der Waals surface area contributed by atoms with Crippen molar-refractivity contribution in [3.8, 4) is 0 Å². The van der Waals surface area contributed by atoms with Crippen LogP contribution in [0.15, 0.2) is 33.8 Å². The number of aliphatic imine (C=N–C) groups is 1. The summed E-state index contributed by atoms with van der Waals surface area (Å²) in [5.74, 6) is 1.37. The van der Waals surface area contributed by atoms with Crippen LogP contribution in [0.2, 0.25) is 5.02 Å². The van der Waals surface area contributed by atoms with Crippen molar-refractivity contribution in [2.24, 2.45) is 4.99 Å². The van der Waals surface area contributed by atoms with Gasteiger partial charge in [0.05, 0.1) is 5.69 Å². The Bertz CT molecular complexity index is 695. The van der Waals surface area contributed by atoms with Crippen LogP contribution in [0, 0.1) is 5.82 Å². The molecule has 0 saturated carbocycles. The van der Waals surface area contributed by atoms with E-state index in [0.29, 0.717) is 47.7 Å². The molecule has 1 heterocycles. The number of guanidine groups is 1. The molecule has 1 aromatic heterocycles. The summed E-state index contributed by atoms with van der Waals surface area (Å²) in [4.78, 5) is 4.47. The second kappa shape index (κ2) is 9.42. The van der Waals surface area contributed by atoms with Crippen LogP contribution < -0.4 is 10.6 Å². The monoisotopic (exact) mass is 366 g/mol. The van der Waals surface area contributed by atoms with Gasteiger partial charge >= 0.3 is 0 Å². The maximum absolute atomic E-state index is 13.8. The van der Waals surface area contributed by atoms with Gasteiger partial charge in [0.1, 0.15) is 12.4 Å². The topological polar surface area (TPSA) is 62.5 Å². The van der Waals surface area contributed by atoms with Crippen molar-refractivity contribution in [3.63, 3.8) is 0 Å². The molecule has 0 unspecified atom stereocenters. The number of rotatable bonds is 7. The van der Waals surface area contributed by atoms with E-state index in [1.54, 1.807) is 12.1 Å². The first-order chi connectivity index (χ1) is 12.0. The first-order valence-corrected chi connectivity index (χ1v) is 8.79. The average molecular weight is 367 g/mol. The predicted molar refractivity (Wildman–Crippen MR) is 98.5 cm³/mol. The summed E-state index contributed by atoms with van der Waals surface area (Å²) in [6, 6.07) is 6.62. The smallest absolute Gasteiger partial charge is 0.191 e. The summed E-state index contributed by atoms with van der Waals surface area (Å²) in [6.07, 6.45) is 0.468. The van der Waals surface area contributed by atoms with Gasteiger partial charge in [0.25, 0.3) is 0 Å². The zero-order chi connectivity index (χ0) is 18.2. The van der Waals surface area contributed by atoms with Crippen LogP contribution in [-0.4, -0.2) is 24.2 Å². The molecule has 136 valence electrons. The highest BCUT2D eigenvalue weighted by molar-refractivity contribution is 6.31. The molecule has 5 nitrogen and oxygen atoms in total. The molecular weight excluding hydrogens is 343 g/mol. The molecule has 0 aliphatic carbocycles. The van der Waals surface area contributed by atoms with Crippen LogP contribution in [-0.2, 0) is 13.0 Å². The molecule has 25 heavy (non-hydrogen) atoms. The predicted octanol–water partition coefficient (Wildman–Crippen LogP) is 3.89. The quantitative estimate of drug-likeness (QED) is 0.576. The molecule has 2 rings (SSSR count). The molecule has 0 fully saturated rings. The zero-order valence-electron chi connectivity index (χ0n) is 14.8. The maximum Gasteiger partial charge on any atom is 0.191 e. The van der Waals surface area contributed by atoms with E-state index < -0.39 is 0 Å². The van der Waals surface area contributed by atoms with Crippen LogP contribution in [0.25, 0.3) is 0 Å². The fraction of sp³-hybridized carbons (Fsp3) is 0.444. The SMILES string of the molecule is CCNC(=NCc1cc(C(C)C)no1)NCCc1c(F)cccc1Cl.